The lowest BCUT2D eigenvalue weighted by Crippen LogP contribution is -2.29. The highest BCUT2D eigenvalue weighted by Crippen LogP contribution is 2.29. The quantitative estimate of drug-likeness (QED) is 0.398. The summed E-state index contributed by atoms with van der Waals surface area (Å²) in [6.07, 6.45) is 0.949. The highest BCUT2D eigenvalue weighted by Gasteiger charge is 2.22. The van der Waals surface area contributed by atoms with Crippen molar-refractivity contribution in [3.05, 3.63) is 86.6 Å². The third-order valence-corrected chi connectivity index (χ3v) is 7.57. The first-order chi connectivity index (χ1) is 17.8. The number of benzene rings is 2. The van der Waals surface area contributed by atoms with Crippen LogP contribution in [0, 0.1) is 11.8 Å². The zero-order valence-corrected chi connectivity index (χ0v) is 22.3. The molecule has 3 aromatic rings. The summed E-state index contributed by atoms with van der Waals surface area (Å²) in [5.41, 5.74) is 4.46. The number of hydrogen-bond acceptors (Lipinski definition) is 5. The van der Waals surface area contributed by atoms with Crippen molar-refractivity contribution < 1.29 is 19.4 Å². The number of carboxylic acid groups (broad SMARTS) is 1. The molecule has 0 unspecified atom stereocenters. The van der Waals surface area contributed by atoms with Gasteiger partial charge in [-0.3, -0.25) is 14.5 Å². The van der Waals surface area contributed by atoms with Crippen molar-refractivity contribution in [3.63, 3.8) is 0 Å². The fourth-order valence-electron chi connectivity index (χ4n) is 4.49. The number of fused-ring (bicyclic) bond motifs is 1. The molecule has 1 amide bonds. The van der Waals surface area contributed by atoms with Crippen LogP contribution in [0.2, 0.25) is 0 Å². The van der Waals surface area contributed by atoms with Gasteiger partial charge in [0.05, 0.1) is 17.2 Å². The Balaban J connectivity index is 1.34. The Morgan fingerprint density at radius 2 is 1.89 bits per heavy atom. The van der Waals surface area contributed by atoms with Crippen LogP contribution in [0.25, 0.3) is 0 Å². The van der Waals surface area contributed by atoms with E-state index in [0.29, 0.717) is 6.61 Å². The molecule has 7 heteroatoms. The van der Waals surface area contributed by atoms with Gasteiger partial charge in [-0.25, -0.2) is 0 Å². The van der Waals surface area contributed by atoms with Gasteiger partial charge in [-0.15, -0.1) is 17.3 Å². The monoisotopic (exact) mass is 516 g/mol. The lowest BCUT2D eigenvalue weighted by molar-refractivity contribution is -0.137. The number of ether oxygens (including phenoxy) is 1. The first-order valence-corrected chi connectivity index (χ1v) is 13.1. The predicted molar refractivity (Wildman–Crippen MR) is 146 cm³/mol. The topological polar surface area (TPSA) is 70.1 Å². The molecular formula is C30H32N2O4S. The highest BCUT2D eigenvalue weighted by molar-refractivity contribution is 7.14. The first kappa shape index (κ1) is 26.5. The summed E-state index contributed by atoms with van der Waals surface area (Å²) in [5, 5.41) is 9.14. The summed E-state index contributed by atoms with van der Waals surface area (Å²) in [6.45, 7) is 4.84. The van der Waals surface area contributed by atoms with Gasteiger partial charge in [-0.1, -0.05) is 42.3 Å². The number of aliphatic carboxylic acids is 1. The lowest BCUT2D eigenvalue weighted by atomic mass is 9.96. The molecule has 0 aliphatic carbocycles. The summed E-state index contributed by atoms with van der Waals surface area (Å²) in [6, 6.07) is 18.0. The number of amides is 1. The Morgan fingerprint density at radius 3 is 2.59 bits per heavy atom. The largest absolute Gasteiger partial charge is 0.489 e. The molecule has 1 aromatic heterocycles. The van der Waals surface area contributed by atoms with Crippen LogP contribution in [-0.2, 0) is 30.9 Å². The maximum Gasteiger partial charge on any atom is 0.304 e. The number of hydrogen-bond donors (Lipinski definition) is 1. The molecule has 4 rings (SSSR count). The molecule has 0 radical (unpaired) electrons. The van der Waals surface area contributed by atoms with Gasteiger partial charge in [-0.05, 0) is 53.8 Å². The Hall–Kier alpha value is -3.60. The maximum absolute atomic E-state index is 12.3. The molecular weight excluding hydrogens is 484 g/mol. The van der Waals surface area contributed by atoms with E-state index in [2.05, 4.69) is 47.1 Å². The molecule has 0 saturated carbocycles. The fourth-order valence-corrected chi connectivity index (χ4v) is 5.68. The van der Waals surface area contributed by atoms with E-state index in [0.717, 1.165) is 47.8 Å². The molecule has 0 bridgehead atoms. The summed E-state index contributed by atoms with van der Waals surface area (Å²) in [5.74, 6) is 5.41. The summed E-state index contributed by atoms with van der Waals surface area (Å²) >= 11 is 1.63. The van der Waals surface area contributed by atoms with Crippen LogP contribution in [0.5, 0.6) is 5.75 Å². The van der Waals surface area contributed by atoms with Gasteiger partial charge in [0.1, 0.15) is 12.4 Å². The van der Waals surface area contributed by atoms with Crippen molar-refractivity contribution in [2.45, 2.75) is 45.4 Å². The Bertz CT molecular complexity index is 1320. The number of rotatable bonds is 9. The average Bonchev–Trinajstić information content (AvgIpc) is 3.30. The van der Waals surface area contributed by atoms with E-state index >= 15 is 0 Å². The highest BCUT2D eigenvalue weighted by atomic mass is 32.1. The van der Waals surface area contributed by atoms with Gasteiger partial charge in [0.2, 0.25) is 0 Å². The second-order valence-corrected chi connectivity index (χ2v) is 10.6. The molecule has 1 aliphatic heterocycles. The third-order valence-electron chi connectivity index (χ3n) is 6.35. The number of nitrogens with zero attached hydrogens (tertiary/aromatic N) is 2. The molecule has 0 saturated heterocycles. The normalized spacial score (nSPS) is 13.7. The van der Waals surface area contributed by atoms with Crippen molar-refractivity contribution in [1.82, 2.24) is 9.80 Å². The second kappa shape index (κ2) is 12.1. The number of carbonyl (C=O) groups excluding carboxylic acids is 1. The van der Waals surface area contributed by atoms with Crippen molar-refractivity contribution in [1.29, 1.82) is 0 Å². The van der Waals surface area contributed by atoms with E-state index in [-0.39, 0.29) is 18.2 Å². The van der Waals surface area contributed by atoms with Crippen molar-refractivity contribution in [3.8, 4) is 17.6 Å². The molecule has 1 N–H and O–H groups in total. The smallest absolute Gasteiger partial charge is 0.304 e. The van der Waals surface area contributed by atoms with E-state index in [1.807, 2.05) is 24.3 Å². The minimum atomic E-state index is -0.863. The van der Waals surface area contributed by atoms with Gasteiger partial charge >= 0.3 is 5.97 Å². The molecule has 192 valence electrons. The van der Waals surface area contributed by atoms with E-state index in [1.54, 1.807) is 37.3 Å². The molecule has 1 aliphatic rings. The molecule has 2 heterocycles. The fraction of sp³-hybridized carbons (Fsp3) is 0.333. The van der Waals surface area contributed by atoms with Crippen LogP contribution < -0.4 is 4.74 Å². The molecule has 1 atom stereocenters. The maximum atomic E-state index is 12.3. The first-order valence-electron chi connectivity index (χ1n) is 12.3. The van der Waals surface area contributed by atoms with E-state index < -0.39 is 5.97 Å². The Kier molecular flexibility index (Phi) is 8.65. The van der Waals surface area contributed by atoms with Gasteiger partial charge in [0.15, 0.2) is 0 Å². The molecule has 0 spiro atoms. The van der Waals surface area contributed by atoms with Crippen LogP contribution in [0.4, 0.5) is 0 Å². The van der Waals surface area contributed by atoms with Gasteiger partial charge in [0.25, 0.3) is 5.91 Å². The lowest BCUT2D eigenvalue weighted by Gasteiger charge is -2.26. The van der Waals surface area contributed by atoms with Crippen LogP contribution in [0.1, 0.15) is 56.1 Å². The van der Waals surface area contributed by atoms with E-state index in [4.69, 9.17) is 9.84 Å². The Morgan fingerprint density at radius 1 is 1.14 bits per heavy atom. The SMILES string of the molecule is CC#C[C@@H](CC(=O)O)c1ccc(OCc2cccc(CN3CCc4sc(C(=O)N(C)C)cc4C3)c2)cc1. The Labute approximate surface area is 222 Å². The van der Waals surface area contributed by atoms with Crippen LogP contribution in [0.3, 0.4) is 0 Å². The van der Waals surface area contributed by atoms with Crippen LogP contribution >= 0.6 is 11.3 Å². The number of thiophene rings is 1. The molecule has 6 nitrogen and oxygen atoms in total. The summed E-state index contributed by atoms with van der Waals surface area (Å²) < 4.78 is 6.00. The summed E-state index contributed by atoms with van der Waals surface area (Å²) in [4.78, 5) is 29.7. The van der Waals surface area contributed by atoms with E-state index in [1.165, 1.54) is 16.0 Å². The van der Waals surface area contributed by atoms with Gasteiger partial charge in [-0.2, -0.15) is 0 Å². The molecule has 37 heavy (non-hydrogen) atoms. The van der Waals surface area contributed by atoms with Crippen molar-refractivity contribution in [2.75, 3.05) is 20.6 Å². The van der Waals surface area contributed by atoms with Crippen molar-refractivity contribution in [2.24, 2.45) is 0 Å². The predicted octanol–water partition coefficient (Wildman–Crippen LogP) is 5.17. The van der Waals surface area contributed by atoms with E-state index in [9.17, 15) is 9.59 Å². The van der Waals surface area contributed by atoms with Crippen LogP contribution in [0.15, 0.2) is 54.6 Å². The minimum Gasteiger partial charge on any atom is -0.489 e. The third kappa shape index (κ3) is 7.00. The average molecular weight is 517 g/mol. The zero-order chi connectivity index (χ0) is 26.4. The molecule has 0 fully saturated rings. The molecule has 2 aromatic carbocycles. The van der Waals surface area contributed by atoms with Gasteiger partial charge in [0, 0.05) is 38.6 Å². The second-order valence-electron chi connectivity index (χ2n) is 9.44. The number of carboxylic acids is 1. The standard InChI is InChI=1S/C30H32N2O4S/c1-4-6-24(17-29(33)34)23-9-11-26(12-10-23)36-20-22-8-5-7-21(15-22)18-32-14-13-27-25(19-32)16-28(37-27)30(35)31(2)3/h5,7-12,15-16,24H,13-14,17-20H2,1-3H3,(H,33,34)/t24-/m0/s1. The number of carbonyl (C=O) groups is 2. The van der Waals surface area contributed by atoms with Crippen LogP contribution in [-0.4, -0.2) is 47.4 Å². The zero-order valence-electron chi connectivity index (χ0n) is 21.5. The van der Waals surface area contributed by atoms with Gasteiger partial charge < -0.3 is 14.7 Å². The van der Waals surface area contributed by atoms with Crippen molar-refractivity contribution >= 4 is 23.2 Å². The minimum absolute atomic E-state index is 0.0199. The summed E-state index contributed by atoms with van der Waals surface area (Å²) in [7, 11) is 3.58.